The van der Waals surface area contributed by atoms with E-state index in [1.165, 1.54) is 36.4 Å². The number of guanidine groups is 1. The molecule has 0 fully saturated rings. The van der Waals surface area contributed by atoms with Crippen LogP contribution in [0.1, 0.15) is 29.5 Å². The van der Waals surface area contributed by atoms with Crippen molar-refractivity contribution < 1.29 is 44.0 Å². The number of hydrogen-bond donors (Lipinski definition) is 10. The summed E-state index contributed by atoms with van der Waals surface area (Å²) in [4.78, 5) is 69.7. The number of aliphatic imine (C=N–C) groups is 1. The van der Waals surface area contributed by atoms with Crippen LogP contribution in [0.25, 0.3) is 0 Å². The number of methoxy groups -OCH3 is 1. The van der Waals surface area contributed by atoms with Gasteiger partial charge in [0.05, 0.1) is 19.7 Å². The maximum atomic E-state index is 13.8. The van der Waals surface area contributed by atoms with E-state index < -0.39 is 60.3 Å². The zero-order chi connectivity index (χ0) is 38.9. The van der Waals surface area contributed by atoms with Gasteiger partial charge in [0.2, 0.25) is 23.6 Å². The number of ether oxygens (including phenoxy) is 1. The zero-order valence-corrected chi connectivity index (χ0v) is 29.2. The van der Waals surface area contributed by atoms with E-state index in [4.69, 9.17) is 21.9 Å². The summed E-state index contributed by atoms with van der Waals surface area (Å²) >= 11 is 0. The molecule has 284 valence electrons. The molecule has 3 aromatic carbocycles. The van der Waals surface area contributed by atoms with Crippen molar-refractivity contribution in [2.75, 3.05) is 20.2 Å². The number of rotatable bonds is 19. The number of esters is 1. The molecule has 0 aliphatic rings. The fourth-order valence-electron chi connectivity index (χ4n) is 5.09. The Kier molecular flexibility index (Phi) is 15.9. The minimum Gasteiger partial charge on any atom is -0.508 e. The number of nitrogens with two attached hydrogens (primary N) is 3. The third-order valence-electron chi connectivity index (χ3n) is 7.94. The molecule has 17 heteroatoms. The van der Waals surface area contributed by atoms with E-state index in [9.17, 15) is 39.3 Å². The van der Waals surface area contributed by atoms with Crippen LogP contribution in [-0.2, 0) is 48.0 Å². The van der Waals surface area contributed by atoms with E-state index in [1.807, 2.05) is 0 Å². The van der Waals surface area contributed by atoms with E-state index in [0.29, 0.717) is 23.1 Å². The van der Waals surface area contributed by atoms with Gasteiger partial charge in [-0.3, -0.25) is 24.2 Å². The van der Waals surface area contributed by atoms with Gasteiger partial charge in [-0.15, -0.1) is 0 Å². The van der Waals surface area contributed by atoms with Crippen LogP contribution < -0.4 is 38.5 Å². The van der Waals surface area contributed by atoms with Gasteiger partial charge in [-0.1, -0.05) is 36.4 Å². The van der Waals surface area contributed by atoms with Gasteiger partial charge < -0.3 is 58.5 Å². The van der Waals surface area contributed by atoms with Crippen molar-refractivity contribution in [3.63, 3.8) is 0 Å². The summed E-state index contributed by atoms with van der Waals surface area (Å²) in [5, 5.41) is 39.4. The predicted molar refractivity (Wildman–Crippen MR) is 194 cm³/mol. The van der Waals surface area contributed by atoms with Crippen LogP contribution in [0.3, 0.4) is 0 Å². The number of phenols is 3. The third-order valence-corrected chi connectivity index (χ3v) is 7.94. The minimum atomic E-state index is -1.28. The SMILES string of the molecule is COC(=O)C(Cc1ccc(O)cc1)NC(=O)CNC(=O)C(Cc1ccc(O)cc1)NC(=O)C(Cc1ccc(O)cc1)NC(=O)C(N)CCCN=C(N)N. The van der Waals surface area contributed by atoms with Gasteiger partial charge in [0, 0.05) is 25.8 Å². The molecule has 0 spiro atoms. The second kappa shape index (κ2) is 20.5. The van der Waals surface area contributed by atoms with Crippen molar-refractivity contribution >= 4 is 35.6 Å². The Balaban J connectivity index is 1.76. The number of hydrogen-bond acceptors (Lipinski definition) is 11. The van der Waals surface area contributed by atoms with Crippen LogP contribution in [-0.4, -0.2) is 95.2 Å². The monoisotopic (exact) mass is 734 g/mol. The number of phenolic OH excluding ortho intramolecular Hbond substituents is 3. The average molecular weight is 735 g/mol. The van der Waals surface area contributed by atoms with E-state index in [2.05, 4.69) is 26.3 Å². The third kappa shape index (κ3) is 14.4. The Morgan fingerprint density at radius 3 is 1.55 bits per heavy atom. The summed E-state index contributed by atoms with van der Waals surface area (Å²) in [6.07, 6.45) is 0.525. The molecule has 0 bridgehead atoms. The smallest absolute Gasteiger partial charge is 0.328 e. The molecule has 4 amide bonds. The van der Waals surface area contributed by atoms with Crippen LogP contribution >= 0.6 is 0 Å². The highest BCUT2D eigenvalue weighted by atomic mass is 16.5. The second-order valence-corrected chi connectivity index (χ2v) is 12.2. The molecule has 4 unspecified atom stereocenters. The lowest BCUT2D eigenvalue weighted by Crippen LogP contribution is -2.57. The summed E-state index contributed by atoms with van der Waals surface area (Å²) in [7, 11) is 1.16. The van der Waals surface area contributed by atoms with Crippen molar-refractivity contribution in [1.82, 2.24) is 21.3 Å². The molecule has 0 aliphatic heterocycles. The molecule has 53 heavy (non-hydrogen) atoms. The summed E-state index contributed by atoms with van der Waals surface area (Å²) < 4.78 is 4.82. The lowest BCUT2D eigenvalue weighted by molar-refractivity contribution is -0.145. The molecule has 17 nitrogen and oxygen atoms in total. The van der Waals surface area contributed by atoms with Crippen molar-refractivity contribution in [2.24, 2.45) is 22.2 Å². The standard InChI is InChI=1S/C36H46N8O9/c1-53-35(52)30(19-23-8-14-26(47)15-9-23)42-31(48)20-41-33(50)28(17-21-4-10-24(45)11-5-21)44-34(51)29(18-22-6-12-25(46)13-7-22)43-32(49)27(37)3-2-16-40-36(38)39/h4-15,27-30,45-47H,2-3,16-20,37H2,1H3,(H,41,50)(H,42,48)(H,43,49)(H,44,51)(H4,38,39,40). The van der Waals surface area contributed by atoms with Crippen LogP contribution in [0.4, 0.5) is 0 Å². The van der Waals surface area contributed by atoms with Crippen molar-refractivity contribution in [3.8, 4) is 17.2 Å². The lowest BCUT2D eigenvalue weighted by Gasteiger charge is -2.25. The number of aromatic hydroxyl groups is 3. The Labute approximate surface area is 306 Å². The molecule has 0 saturated carbocycles. The Bertz CT molecular complexity index is 1710. The van der Waals surface area contributed by atoms with Gasteiger partial charge >= 0.3 is 5.97 Å². The molecule has 0 heterocycles. The van der Waals surface area contributed by atoms with Gasteiger partial charge in [0.1, 0.15) is 35.4 Å². The topological polar surface area (TPSA) is 294 Å². The number of benzene rings is 3. The van der Waals surface area contributed by atoms with Crippen LogP contribution in [0, 0.1) is 0 Å². The summed E-state index contributed by atoms with van der Waals surface area (Å²) in [5.41, 5.74) is 18.5. The largest absolute Gasteiger partial charge is 0.508 e. The quantitative estimate of drug-likeness (QED) is 0.0306. The molecular weight excluding hydrogens is 688 g/mol. The highest BCUT2D eigenvalue weighted by Gasteiger charge is 2.29. The van der Waals surface area contributed by atoms with E-state index in [0.717, 1.165) is 7.11 Å². The average Bonchev–Trinajstić information content (AvgIpc) is 3.13. The Morgan fingerprint density at radius 2 is 1.09 bits per heavy atom. The van der Waals surface area contributed by atoms with E-state index >= 15 is 0 Å². The number of amides is 4. The molecule has 0 aliphatic carbocycles. The maximum Gasteiger partial charge on any atom is 0.328 e. The van der Waals surface area contributed by atoms with E-state index in [1.54, 1.807) is 36.4 Å². The van der Waals surface area contributed by atoms with Gasteiger partial charge in [0.25, 0.3) is 0 Å². The molecule has 3 rings (SSSR count). The van der Waals surface area contributed by atoms with Gasteiger partial charge in [-0.05, 0) is 65.9 Å². The highest BCUT2D eigenvalue weighted by Crippen LogP contribution is 2.15. The van der Waals surface area contributed by atoms with Gasteiger partial charge in [0.15, 0.2) is 5.96 Å². The molecule has 3 aromatic rings. The first-order valence-electron chi connectivity index (χ1n) is 16.6. The molecule has 4 atom stereocenters. The molecule has 0 saturated heterocycles. The van der Waals surface area contributed by atoms with Gasteiger partial charge in [-0.2, -0.15) is 0 Å². The van der Waals surface area contributed by atoms with Crippen molar-refractivity contribution in [1.29, 1.82) is 0 Å². The van der Waals surface area contributed by atoms with Crippen LogP contribution in [0.15, 0.2) is 77.8 Å². The molecule has 0 radical (unpaired) electrons. The molecule has 0 aromatic heterocycles. The predicted octanol–water partition coefficient (Wildman–Crippen LogP) is -1.04. The maximum absolute atomic E-state index is 13.8. The summed E-state index contributed by atoms with van der Waals surface area (Å²) in [6, 6.07) is 13.3. The van der Waals surface area contributed by atoms with E-state index in [-0.39, 0.29) is 55.4 Å². The first-order valence-corrected chi connectivity index (χ1v) is 16.6. The van der Waals surface area contributed by atoms with Crippen LogP contribution in [0.2, 0.25) is 0 Å². The lowest BCUT2D eigenvalue weighted by atomic mass is 10.0. The molecule has 13 N–H and O–H groups in total. The fraction of sp³-hybridized carbons (Fsp3) is 0.333. The Morgan fingerprint density at radius 1 is 0.660 bits per heavy atom. The molecular formula is C36H46N8O9. The number of carbonyl (C=O) groups is 5. The summed E-state index contributed by atoms with van der Waals surface area (Å²) in [5.74, 6) is -3.71. The van der Waals surface area contributed by atoms with Gasteiger partial charge in [-0.25, -0.2) is 4.79 Å². The Hall–Kier alpha value is -6.36. The zero-order valence-electron chi connectivity index (χ0n) is 29.2. The van der Waals surface area contributed by atoms with Crippen molar-refractivity contribution in [2.45, 2.75) is 56.3 Å². The number of nitrogens with one attached hydrogen (secondary N) is 4. The number of nitrogens with zero attached hydrogens (tertiary/aromatic N) is 1. The first-order chi connectivity index (χ1) is 25.2. The van der Waals surface area contributed by atoms with Crippen molar-refractivity contribution in [3.05, 3.63) is 89.5 Å². The summed E-state index contributed by atoms with van der Waals surface area (Å²) in [6.45, 7) is -0.333. The van der Waals surface area contributed by atoms with Crippen LogP contribution in [0.5, 0.6) is 17.2 Å². The minimum absolute atomic E-state index is 0.00508. The normalized spacial score (nSPS) is 12.9. The number of carbonyl (C=O) groups excluding carboxylic acids is 5. The fourth-order valence-corrected chi connectivity index (χ4v) is 5.09. The first kappa shape index (κ1) is 41.1. The second-order valence-electron chi connectivity index (χ2n) is 12.2. The highest BCUT2D eigenvalue weighted by molar-refractivity contribution is 5.95.